The van der Waals surface area contributed by atoms with Gasteiger partial charge in [-0.05, 0) is 12.5 Å². The quantitative estimate of drug-likeness (QED) is 0.705. The van der Waals surface area contributed by atoms with Gasteiger partial charge in [-0.15, -0.1) is 0 Å². The zero-order valence-electron chi connectivity index (χ0n) is 7.95. The van der Waals surface area contributed by atoms with Crippen molar-refractivity contribution in [1.29, 1.82) is 5.26 Å². The molecule has 1 rings (SSSR count). The highest BCUT2D eigenvalue weighted by atomic mass is 16.5. The average molecular weight is 175 g/mol. The minimum absolute atomic E-state index is 0.626. The molecule has 1 aromatic rings. The molecule has 1 aromatic carbocycles. The molecule has 0 bridgehead atoms. The molecule has 0 spiro atoms. The summed E-state index contributed by atoms with van der Waals surface area (Å²) in [5.41, 5.74) is 0.412. The van der Waals surface area contributed by atoms with E-state index in [1.165, 1.54) is 0 Å². The lowest BCUT2D eigenvalue weighted by Crippen LogP contribution is -2.27. The van der Waals surface area contributed by atoms with Gasteiger partial charge >= 0.3 is 0 Å². The zero-order valence-corrected chi connectivity index (χ0v) is 7.95. The molecule has 0 radical (unpaired) electrons. The lowest BCUT2D eigenvalue weighted by Gasteiger charge is -2.19. The Morgan fingerprint density at radius 2 is 2.00 bits per heavy atom. The Bertz CT molecular complexity index is 302. The van der Waals surface area contributed by atoms with E-state index < -0.39 is 5.60 Å². The average Bonchev–Trinajstić information content (AvgIpc) is 2.19. The SMILES string of the molecule is COC(C)(C#N)Cc1ccccc1. The molecule has 2 heteroatoms. The molecule has 0 aliphatic heterocycles. The van der Waals surface area contributed by atoms with Crippen molar-refractivity contribution in [2.75, 3.05) is 7.11 Å². The molecular weight excluding hydrogens is 162 g/mol. The van der Waals surface area contributed by atoms with Crippen molar-refractivity contribution in [1.82, 2.24) is 0 Å². The van der Waals surface area contributed by atoms with Gasteiger partial charge in [0.25, 0.3) is 0 Å². The number of hydrogen-bond acceptors (Lipinski definition) is 2. The van der Waals surface area contributed by atoms with Gasteiger partial charge < -0.3 is 4.74 Å². The summed E-state index contributed by atoms with van der Waals surface area (Å²) < 4.78 is 5.13. The van der Waals surface area contributed by atoms with E-state index in [0.29, 0.717) is 6.42 Å². The monoisotopic (exact) mass is 175 g/mol. The number of benzene rings is 1. The maximum absolute atomic E-state index is 8.87. The zero-order chi connectivity index (χ0) is 9.73. The van der Waals surface area contributed by atoms with Gasteiger partial charge in [0.15, 0.2) is 5.60 Å². The summed E-state index contributed by atoms with van der Waals surface area (Å²) in [5.74, 6) is 0. The van der Waals surface area contributed by atoms with E-state index in [0.717, 1.165) is 5.56 Å². The second-order valence-corrected chi connectivity index (χ2v) is 3.21. The number of ether oxygens (including phenoxy) is 1. The fraction of sp³-hybridized carbons (Fsp3) is 0.364. The third-order valence-electron chi connectivity index (χ3n) is 2.07. The molecule has 13 heavy (non-hydrogen) atoms. The predicted octanol–water partition coefficient (Wildman–Crippen LogP) is 2.16. The second kappa shape index (κ2) is 4.06. The Labute approximate surface area is 78.8 Å². The van der Waals surface area contributed by atoms with Crippen LogP contribution >= 0.6 is 0 Å². The molecule has 0 fully saturated rings. The molecule has 1 atom stereocenters. The molecular formula is C11H13NO. The summed E-state index contributed by atoms with van der Waals surface area (Å²) in [6.45, 7) is 1.79. The maximum atomic E-state index is 8.87. The maximum Gasteiger partial charge on any atom is 0.155 e. The molecule has 0 heterocycles. The Kier molecular flexibility index (Phi) is 3.05. The van der Waals surface area contributed by atoms with Crippen LogP contribution in [-0.2, 0) is 11.2 Å². The Morgan fingerprint density at radius 1 is 1.38 bits per heavy atom. The highest BCUT2D eigenvalue weighted by Gasteiger charge is 2.22. The molecule has 0 amide bonds. The van der Waals surface area contributed by atoms with E-state index in [9.17, 15) is 0 Å². The number of hydrogen-bond donors (Lipinski definition) is 0. The van der Waals surface area contributed by atoms with E-state index in [1.54, 1.807) is 14.0 Å². The van der Waals surface area contributed by atoms with Crippen molar-refractivity contribution in [2.45, 2.75) is 18.9 Å². The normalized spacial score (nSPS) is 14.5. The molecule has 0 aliphatic carbocycles. The van der Waals surface area contributed by atoms with Crippen molar-refractivity contribution in [2.24, 2.45) is 0 Å². The van der Waals surface area contributed by atoms with Crippen LogP contribution in [0.25, 0.3) is 0 Å². The van der Waals surface area contributed by atoms with Gasteiger partial charge in [-0.1, -0.05) is 30.3 Å². The van der Waals surface area contributed by atoms with Crippen molar-refractivity contribution < 1.29 is 4.74 Å². The molecule has 0 saturated heterocycles. The fourth-order valence-electron chi connectivity index (χ4n) is 1.14. The number of nitriles is 1. The van der Waals surface area contributed by atoms with Crippen LogP contribution in [0.4, 0.5) is 0 Å². The standard InChI is InChI=1S/C11H13NO/c1-11(9-12,13-2)8-10-6-4-3-5-7-10/h3-7H,8H2,1-2H3. The number of methoxy groups -OCH3 is 1. The first-order chi connectivity index (χ1) is 6.20. The van der Waals surface area contributed by atoms with Crippen molar-refractivity contribution >= 4 is 0 Å². The van der Waals surface area contributed by atoms with Crippen LogP contribution in [0.3, 0.4) is 0 Å². The van der Waals surface area contributed by atoms with E-state index >= 15 is 0 Å². The first-order valence-corrected chi connectivity index (χ1v) is 4.20. The summed E-state index contributed by atoms with van der Waals surface area (Å²) in [6.07, 6.45) is 0.626. The summed E-state index contributed by atoms with van der Waals surface area (Å²) >= 11 is 0. The van der Waals surface area contributed by atoms with Crippen LogP contribution in [0.1, 0.15) is 12.5 Å². The Balaban J connectivity index is 2.75. The van der Waals surface area contributed by atoms with E-state index in [-0.39, 0.29) is 0 Å². The van der Waals surface area contributed by atoms with E-state index in [4.69, 9.17) is 10.00 Å². The molecule has 2 nitrogen and oxygen atoms in total. The minimum Gasteiger partial charge on any atom is -0.363 e. The Hall–Kier alpha value is -1.33. The summed E-state index contributed by atoms with van der Waals surface area (Å²) in [5, 5.41) is 8.87. The predicted molar refractivity (Wildman–Crippen MR) is 51.2 cm³/mol. The van der Waals surface area contributed by atoms with E-state index in [2.05, 4.69) is 6.07 Å². The molecule has 68 valence electrons. The van der Waals surface area contributed by atoms with Gasteiger partial charge in [0, 0.05) is 13.5 Å². The molecule has 0 saturated carbocycles. The minimum atomic E-state index is -0.707. The first kappa shape index (κ1) is 9.76. The molecule has 0 N–H and O–H groups in total. The largest absolute Gasteiger partial charge is 0.363 e. The van der Waals surface area contributed by atoms with Crippen LogP contribution in [0.2, 0.25) is 0 Å². The highest BCUT2D eigenvalue weighted by molar-refractivity contribution is 5.19. The number of rotatable bonds is 3. The van der Waals surface area contributed by atoms with Crippen LogP contribution in [0.15, 0.2) is 30.3 Å². The molecule has 0 aromatic heterocycles. The third kappa shape index (κ3) is 2.57. The van der Waals surface area contributed by atoms with Gasteiger partial charge in [0.1, 0.15) is 0 Å². The number of nitrogens with zero attached hydrogens (tertiary/aromatic N) is 1. The van der Waals surface area contributed by atoms with Crippen LogP contribution in [0, 0.1) is 11.3 Å². The van der Waals surface area contributed by atoms with Crippen molar-refractivity contribution in [3.8, 4) is 6.07 Å². The summed E-state index contributed by atoms with van der Waals surface area (Å²) in [7, 11) is 1.56. The van der Waals surface area contributed by atoms with Gasteiger partial charge in [-0.25, -0.2) is 0 Å². The molecule has 1 unspecified atom stereocenters. The van der Waals surface area contributed by atoms with Gasteiger partial charge in [-0.3, -0.25) is 0 Å². The summed E-state index contributed by atoms with van der Waals surface area (Å²) in [4.78, 5) is 0. The lowest BCUT2D eigenvalue weighted by molar-refractivity contribution is 0.0559. The van der Waals surface area contributed by atoms with Gasteiger partial charge in [0.05, 0.1) is 6.07 Å². The topological polar surface area (TPSA) is 33.0 Å². The van der Waals surface area contributed by atoms with Crippen LogP contribution in [0.5, 0.6) is 0 Å². The highest BCUT2D eigenvalue weighted by Crippen LogP contribution is 2.15. The van der Waals surface area contributed by atoms with Gasteiger partial charge in [0.2, 0.25) is 0 Å². The Morgan fingerprint density at radius 3 is 2.46 bits per heavy atom. The fourth-order valence-corrected chi connectivity index (χ4v) is 1.14. The smallest absolute Gasteiger partial charge is 0.155 e. The lowest BCUT2D eigenvalue weighted by atomic mass is 9.98. The summed E-state index contributed by atoms with van der Waals surface area (Å²) in [6, 6.07) is 12.0. The van der Waals surface area contributed by atoms with Crippen LogP contribution < -0.4 is 0 Å². The second-order valence-electron chi connectivity index (χ2n) is 3.21. The van der Waals surface area contributed by atoms with Gasteiger partial charge in [-0.2, -0.15) is 5.26 Å². The van der Waals surface area contributed by atoms with Crippen LogP contribution in [-0.4, -0.2) is 12.7 Å². The third-order valence-corrected chi connectivity index (χ3v) is 2.07. The van der Waals surface area contributed by atoms with Crippen molar-refractivity contribution in [3.63, 3.8) is 0 Å². The van der Waals surface area contributed by atoms with E-state index in [1.807, 2.05) is 30.3 Å². The molecule has 0 aliphatic rings. The van der Waals surface area contributed by atoms with Crippen molar-refractivity contribution in [3.05, 3.63) is 35.9 Å². The first-order valence-electron chi connectivity index (χ1n) is 4.20.